The minimum atomic E-state index is -0.196. The normalized spacial score (nSPS) is 11.3. The van der Waals surface area contributed by atoms with Gasteiger partial charge in [0.1, 0.15) is 5.75 Å². The molecular weight excluding hydrogens is 320 g/mol. The van der Waals surface area contributed by atoms with Gasteiger partial charge in [0.15, 0.2) is 6.73 Å². The third-order valence-electron chi connectivity index (χ3n) is 3.81. The van der Waals surface area contributed by atoms with Gasteiger partial charge in [0.25, 0.3) is 0 Å². The molecule has 2 amide bonds. The van der Waals surface area contributed by atoms with Crippen LogP contribution in [0.25, 0.3) is 0 Å². The first-order valence-corrected chi connectivity index (χ1v) is 8.54. The van der Waals surface area contributed by atoms with Gasteiger partial charge < -0.3 is 24.4 Å². The fourth-order valence-corrected chi connectivity index (χ4v) is 2.36. The molecule has 1 rings (SSSR count). The van der Waals surface area contributed by atoms with Crippen molar-refractivity contribution in [3.63, 3.8) is 0 Å². The summed E-state index contributed by atoms with van der Waals surface area (Å²) < 4.78 is 15.9. The first-order chi connectivity index (χ1) is 11.8. The Kier molecular flexibility index (Phi) is 8.72. The van der Waals surface area contributed by atoms with Crippen LogP contribution in [0.5, 0.6) is 5.75 Å². The summed E-state index contributed by atoms with van der Waals surface area (Å²) in [5, 5.41) is 2.80. The fourth-order valence-electron chi connectivity index (χ4n) is 2.36. The molecule has 0 saturated carbocycles. The minimum absolute atomic E-state index is 0.0334. The van der Waals surface area contributed by atoms with Crippen LogP contribution in [0, 0.1) is 6.92 Å². The van der Waals surface area contributed by atoms with Crippen LogP contribution in [0.3, 0.4) is 0 Å². The number of benzene rings is 1. The number of methoxy groups -OCH3 is 2. The van der Waals surface area contributed by atoms with E-state index in [0.29, 0.717) is 26.3 Å². The Morgan fingerprint density at radius 1 is 1.12 bits per heavy atom. The average molecular weight is 352 g/mol. The van der Waals surface area contributed by atoms with Crippen molar-refractivity contribution < 1.29 is 19.0 Å². The highest BCUT2D eigenvalue weighted by Gasteiger charge is 2.19. The van der Waals surface area contributed by atoms with Crippen molar-refractivity contribution in [3.8, 4) is 5.75 Å². The fraction of sp³-hybridized carbons (Fsp3) is 0.632. The second kappa shape index (κ2) is 10.3. The summed E-state index contributed by atoms with van der Waals surface area (Å²) in [6, 6.07) is 5.89. The molecule has 0 radical (unpaired) electrons. The molecule has 1 aromatic carbocycles. The zero-order chi connectivity index (χ0) is 18.9. The highest BCUT2D eigenvalue weighted by molar-refractivity contribution is 5.74. The topological polar surface area (TPSA) is 60.0 Å². The van der Waals surface area contributed by atoms with Crippen LogP contribution in [0.4, 0.5) is 4.79 Å². The lowest BCUT2D eigenvalue weighted by Crippen LogP contribution is -2.44. The van der Waals surface area contributed by atoms with E-state index in [1.807, 2.05) is 12.1 Å². The van der Waals surface area contributed by atoms with Crippen LogP contribution in [-0.2, 0) is 14.9 Å². The quantitative estimate of drug-likeness (QED) is 0.694. The molecule has 0 aromatic heterocycles. The molecule has 0 saturated heterocycles. The molecule has 6 nitrogen and oxygen atoms in total. The van der Waals surface area contributed by atoms with Crippen molar-refractivity contribution >= 4 is 6.03 Å². The standard InChI is InChI=1S/C19H32N2O4/c1-15-7-8-17(16(13-15)19(2,3)4)25-14-20-18(22)21(9-11-23-5)10-12-24-6/h7-8,13H,9-12,14H2,1-6H3,(H,20,22). The smallest absolute Gasteiger partial charge is 0.320 e. The summed E-state index contributed by atoms with van der Waals surface area (Å²) in [7, 11) is 3.22. The maximum absolute atomic E-state index is 12.3. The van der Waals surface area contributed by atoms with E-state index >= 15 is 0 Å². The van der Waals surface area contributed by atoms with Crippen molar-refractivity contribution in [1.29, 1.82) is 0 Å². The molecule has 0 bridgehead atoms. The number of aryl methyl sites for hydroxylation is 1. The average Bonchev–Trinajstić information content (AvgIpc) is 2.55. The predicted molar refractivity (Wildman–Crippen MR) is 99.2 cm³/mol. The highest BCUT2D eigenvalue weighted by Crippen LogP contribution is 2.31. The molecule has 0 spiro atoms. The number of hydrogen-bond donors (Lipinski definition) is 1. The third kappa shape index (κ3) is 7.32. The van der Waals surface area contributed by atoms with E-state index in [9.17, 15) is 4.79 Å². The third-order valence-corrected chi connectivity index (χ3v) is 3.81. The van der Waals surface area contributed by atoms with Crippen molar-refractivity contribution in [1.82, 2.24) is 10.2 Å². The number of hydrogen-bond acceptors (Lipinski definition) is 4. The molecule has 0 fully saturated rings. The Morgan fingerprint density at radius 2 is 1.72 bits per heavy atom. The van der Waals surface area contributed by atoms with Crippen molar-refractivity contribution in [3.05, 3.63) is 29.3 Å². The number of rotatable bonds is 9. The van der Waals surface area contributed by atoms with Crippen LogP contribution >= 0.6 is 0 Å². The monoisotopic (exact) mass is 352 g/mol. The Morgan fingerprint density at radius 3 is 2.24 bits per heavy atom. The summed E-state index contributed by atoms with van der Waals surface area (Å²) >= 11 is 0. The number of amides is 2. The lowest BCUT2D eigenvalue weighted by molar-refractivity contribution is 0.119. The molecule has 0 aliphatic heterocycles. The van der Waals surface area contributed by atoms with Gasteiger partial charge in [-0.25, -0.2) is 4.79 Å². The first kappa shape index (κ1) is 21.3. The zero-order valence-electron chi connectivity index (χ0n) is 16.3. The number of nitrogens with zero attached hydrogens (tertiary/aromatic N) is 1. The molecule has 1 N–H and O–H groups in total. The highest BCUT2D eigenvalue weighted by atomic mass is 16.5. The van der Waals surface area contributed by atoms with Crippen molar-refractivity contribution in [2.75, 3.05) is 47.3 Å². The summed E-state index contributed by atoms with van der Waals surface area (Å²) in [4.78, 5) is 14.0. The lowest BCUT2D eigenvalue weighted by atomic mass is 9.85. The van der Waals surface area contributed by atoms with Crippen LogP contribution in [-0.4, -0.2) is 58.2 Å². The van der Waals surface area contributed by atoms with E-state index in [0.717, 1.165) is 11.3 Å². The molecule has 0 heterocycles. The van der Waals surface area contributed by atoms with Gasteiger partial charge in [-0.2, -0.15) is 0 Å². The summed E-state index contributed by atoms with van der Waals surface area (Å²) in [5.74, 6) is 0.790. The molecular formula is C19H32N2O4. The molecule has 0 aliphatic carbocycles. The van der Waals surface area contributed by atoms with Crippen molar-refractivity contribution in [2.24, 2.45) is 0 Å². The second-order valence-electron chi connectivity index (χ2n) is 6.99. The summed E-state index contributed by atoms with van der Waals surface area (Å²) in [6.07, 6.45) is 0. The Bertz CT molecular complexity index is 533. The van der Waals surface area contributed by atoms with Gasteiger partial charge in [-0.3, -0.25) is 0 Å². The summed E-state index contributed by atoms with van der Waals surface area (Å²) in [5.41, 5.74) is 2.28. The van der Waals surface area contributed by atoms with E-state index in [4.69, 9.17) is 14.2 Å². The van der Waals surface area contributed by atoms with Gasteiger partial charge in [-0.15, -0.1) is 0 Å². The van der Waals surface area contributed by atoms with Gasteiger partial charge in [0.2, 0.25) is 0 Å². The van der Waals surface area contributed by atoms with Crippen LogP contribution < -0.4 is 10.1 Å². The van der Waals surface area contributed by atoms with Crippen molar-refractivity contribution in [2.45, 2.75) is 33.1 Å². The molecule has 25 heavy (non-hydrogen) atoms. The Hall–Kier alpha value is -1.79. The van der Waals surface area contributed by atoms with Gasteiger partial charge in [0.05, 0.1) is 13.2 Å². The van der Waals surface area contributed by atoms with Crippen LogP contribution in [0.2, 0.25) is 0 Å². The first-order valence-electron chi connectivity index (χ1n) is 8.54. The van der Waals surface area contributed by atoms with E-state index in [1.54, 1.807) is 19.1 Å². The molecule has 6 heteroatoms. The Balaban J connectivity index is 2.64. The number of carbonyl (C=O) groups is 1. The predicted octanol–water partition coefficient (Wildman–Crippen LogP) is 2.93. The van der Waals surface area contributed by atoms with Gasteiger partial charge >= 0.3 is 6.03 Å². The largest absolute Gasteiger partial charge is 0.473 e. The SMILES string of the molecule is COCCN(CCOC)C(=O)NCOc1ccc(C)cc1C(C)(C)C. The number of nitrogens with one attached hydrogen (secondary N) is 1. The van der Waals surface area contributed by atoms with Gasteiger partial charge in [-0.05, 0) is 24.0 Å². The maximum Gasteiger partial charge on any atom is 0.320 e. The number of ether oxygens (including phenoxy) is 3. The molecule has 0 unspecified atom stereocenters. The van der Waals surface area contributed by atoms with E-state index in [1.165, 1.54) is 5.56 Å². The lowest BCUT2D eigenvalue weighted by Gasteiger charge is -2.25. The van der Waals surface area contributed by atoms with Crippen LogP contribution in [0.1, 0.15) is 31.9 Å². The Labute approximate surface area is 151 Å². The van der Waals surface area contributed by atoms with E-state index < -0.39 is 0 Å². The molecule has 0 aliphatic rings. The number of carbonyl (C=O) groups excluding carboxylic acids is 1. The second-order valence-corrected chi connectivity index (χ2v) is 6.99. The van der Waals surface area contributed by atoms with E-state index in [2.05, 4.69) is 39.1 Å². The molecule has 0 atom stereocenters. The van der Waals surface area contributed by atoms with Crippen LogP contribution in [0.15, 0.2) is 18.2 Å². The van der Waals surface area contributed by atoms with Gasteiger partial charge in [0, 0.05) is 27.3 Å². The zero-order valence-corrected chi connectivity index (χ0v) is 16.3. The molecule has 1 aromatic rings. The summed E-state index contributed by atoms with van der Waals surface area (Å²) in [6.45, 7) is 10.6. The van der Waals surface area contributed by atoms with E-state index in [-0.39, 0.29) is 18.2 Å². The maximum atomic E-state index is 12.3. The van der Waals surface area contributed by atoms with Gasteiger partial charge in [-0.1, -0.05) is 38.5 Å². The molecule has 142 valence electrons. The minimum Gasteiger partial charge on any atom is -0.473 e. The number of urea groups is 1.